The van der Waals surface area contributed by atoms with E-state index in [2.05, 4.69) is 0 Å². The van der Waals surface area contributed by atoms with Gasteiger partial charge in [0, 0.05) is 0 Å². The van der Waals surface area contributed by atoms with Crippen LogP contribution >= 0.6 is 7.82 Å². The van der Waals surface area contributed by atoms with Crippen molar-refractivity contribution in [2.24, 2.45) is 0 Å². The van der Waals surface area contributed by atoms with E-state index < -0.39 is 7.82 Å². The molecule has 0 N–H and O–H groups in total. The first-order valence-electron chi connectivity index (χ1n) is 0.730. The van der Waals surface area contributed by atoms with Crippen molar-refractivity contribution < 1.29 is 36.3 Å². The molecule has 0 aliphatic rings. The topological polar surface area (TPSA) is 86.2 Å². The van der Waals surface area contributed by atoms with Crippen LogP contribution in [0.3, 0.4) is 0 Å². The van der Waals surface area contributed by atoms with Gasteiger partial charge in [-0.25, -0.2) is 0 Å². The maximum atomic E-state index is 8.55. The summed E-state index contributed by atoms with van der Waals surface area (Å²) >= 11 is 0. The molecule has 6 heteroatoms. The van der Waals surface area contributed by atoms with Crippen LogP contribution in [0.1, 0.15) is 0 Å². The molecule has 0 saturated carbocycles. The van der Waals surface area contributed by atoms with Gasteiger partial charge >= 0.3 is 17.1 Å². The number of rotatable bonds is 0. The molecule has 0 aromatic rings. The molecule has 0 aliphatic carbocycles. The molecule has 0 aliphatic heterocycles. The largest absolute Gasteiger partial charge is 3.00 e. The first-order valence-corrected chi connectivity index (χ1v) is 2.19. The van der Waals surface area contributed by atoms with Gasteiger partial charge in [0.1, 0.15) is 0 Å². The van der Waals surface area contributed by atoms with Crippen LogP contribution in [0.5, 0.6) is 0 Å². The normalized spacial score (nSPS) is 8.43. The van der Waals surface area contributed by atoms with Gasteiger partial charge in [0.2, 0.25) is 0 Å². The second-order valence-electron chi connectivity index (χ2n) is 0.447. The summed E-state index contributed by atoms with van der Waals surface area (Å²) in [6.07, 6.45) is 0. The Bertz CT molecular complexity index is 57.8. The zero-order valence-corrected chi connectivity index (χ0v) is 5.53. The van der Waals surface area contributed by atoms with Crippen molar-refractivity contribution in [3.05, 3.63) is 7.43 Å². The van der Waals surface area contributed by atoms with Crippen LogP contribution in [0.15, 0.2) is 0 Å². The van der Waals surface area contributed by atoms with Crippen molar-refractivity contribution in [2.75, 3.05) is 0 Å². The first kappa shape index (κ1) is 15.6. The SMILES string of the molecule is O=P([O-])([O-])[O-].[CH3-].[Mn+3]. The van der Waals surface area contributed by atoms with Crippen LogP contribution in [0.25, 0.3) is 0 Å². The standard InChI is InChI=1S/CH3.Mn.H3O4P/c;;1-5(2,3)4/h1H3;;(H3,1,2,3,4)/q-1;+3;/p-3. The van der Waals surface area contributed by atoms with Crippen molar-refractivity contribution in [3.63, 3.8) is 0 Å². The molecule has 44 valence electrons. The Balaban J connectivity index is -0.0000000800. The molecule has 0 fully saturated rings. The average Bonchev–Trinajstić information content (AvgIpc) is 0.722. The zero-order chi connectivity index (χ0) is 4.50. The first-order chi connectivity index (χ1) is 2.00. The van der Waals surface area contributed by atoms with Crippen LogP contribution in [0.2, 0.25) is 0 Å². The van der Waals surface area contributed by atoms with E-state index >= 15 is 0 Å². The van der Waals surface area contributed by atoms with E-state index in [1.807, 2.05) is 0 Å². The Kier molecular flexibility index (Phi) is 10.7. The maximum absolute atomic E-state index is 8.55. The molecule has 0 atom stereocenters. The van der Waals surface area contributed by atoms with Gasteiger partial charge in [-0.2, -0.15) is 7.82 Å². The molecule has 0 aromatic carbocycles. The summed E-state index contributed by atoms with van der Waals surface area (Å²) in [7, 11) is -5.39. The number of hydrogen-bond acceptors (Lipinski definition) is 4. The van der Waals surface area contributed by atoms with Gasteiger partial charge < -0.3 is 26.7 Å². The van der Waals surface area contributed by atoms with E-state index in [-0.39, 0.29) is 24.5 Å². The Hall–Kier alpha value is 0.629. The van der Waals surface area contributed by atoms with E-state index in [0.29, 0.717) is 0 Å². The van der Waals surface area contributed by atoms with Crippen LogP contribution in [-0.4, -0.2) is 0 Å². The summed E-state index contributed by atoms with van der Waals surface area (Å²) < 4.78 is 8.55. The fourth-order valence-corrected chi connectivity index (χ4v) is 0. The molecule has 0 saturated heterocycles. The van der Waals surface area contributed by atoms with Crippen LogP contribution in [0.4, 0.5) is 0 Å². The number of hydrogen-bond donors (Lipinski definition) is 0. The third-order valence-electron chi connectivity index (χ3n) is 0. The average molecular weight is 165 g/mol. The van der Waals surface area contributed by atoms with E-state index in [4.69, 9.17) is 19.2 Å². The van der Waals surface area contributed by atoms with E-state index in [9.17, 15) is 0 Å². The second-order valence-corrected chi connectivity index (χ2v) is 1.34. The summed E-state index contributed by atoms with van der Waals surface area (Å²) in [5.74, 6) is 0. The van der Waals surface area contributed by atoms with E-state index in [0.717, 1.165) is 0 Å². The minimum atomic E-state index is -5.39. The van der Waals surface area contributed by atoms with E-state index in [1.165, 1.54) is 0 Å². The molecule has 0 aromatic heterocycles. The van der Waals surface area contributed by atoms with E-state index in [1.54, 1.807) is 0 Å². The van der Waals surface area contributed by atoms with Gasteiger partial charge in [0.15, 0.2) is 0 Å². The van der Waals surface area contributed by atoms with Gasteiger partial charge in [0.25, 0.3) is 0 Å². The molecule has 0 rings (SSSR count). The van der Waals surface area contributed by atoms with Crippen LogP contribution < -0.4 is 14.7 Å². The second kappa shape index (κ2) is 4.78. The quantitative estimate of drug-likeness (QED) is 0.228. The smallest absolute Gasteiger partial charge is 0.822 e. The van der Waals surface area contributed by atoms with Gasteiger partial charge in [-0.15, -0.1) is 0 Å². The summed E-state index contributed by atoms with van der Waals surface area (Å²) in [6.45, 7) is 0. The van der Waals surface area contributed by atoms with Gasteiger partial charge in [-0.1, -0.05) is 0 Å². The molecule has 0 radical (unpaired) electrons. The minimum absolute atomic E-state index is 0. The molecular formula is CH3MnO4P-. The predicted molar refractivity (Wildman–Crippen MR) is 14.0 cm³/mol. The van der Waals surface area contributed by atoms with Crippen molar-refractivity contribution in [2.45, 2.75) is 0 Å². The van der Waals surface area contributed by atoms with Crippen LogP contribution in [0, 0.1) is 7.43 Å². The third kappa shape index (κ3) is 359. The minimum Gasteiger partial charge on any atom is -0.822 e. The monoisotopic (exact) mass is 165 g/mol. The molecule has 4 nitrogen and oxygen atoms in total. The van der Waals surface area contributed by atoms with Crippen molar-refractivity contribution in [1.29, 1.82) is 0 Å². The Morgan fingerprint density at radius 3 is 1.14 bits per heavy atom. The molecule has 0 unspecified atom stereocenters. The van der Waals surface area contributed by atoms with Gasteiger partial charge in [-0.05, 0) is 0 Å². The molecule has 0 amide bonds. The fraction of sp³-hybridized carbons (Fsp3) is 0. The van der Waals surface area contributed by atoms with Gasteiger partial charge in [0.05, 0.1) is 0 Å². The number of phosphoric acid groups is 1. The summed E-state index contributed by atoms with van der Waals surface area (Å²) in [4.78, 5) is 25.6. The Morgan fingerprint density at radius 1 is 1.14 bits per heavy atom. The van der Waals surface area contributed by atoms with Gasteiger partial charge in [-0.3, -0.25) is 0 Å². The van der Waals surface area contributed by atoms with Crippen molar-refractivity contribution in [3.8, 4) is 0 Å². The van der Waals surface area contributed by atoms with Crippen molar-refractivity contribution in [1.82, 2.24) is 0 Å². The van der Waals surface area contributed by atoms with Crippen LogP contribution in [-0.2, 0) is 21.6 Å². The fourth-order valence-electron chi connectivity index (χ4n) is 0. The summed E-state index contributed by atoms with van der Waals surface area (Å²) in [5, 5.41) is 0. The van der Waals surface area contributed by atoms with Crippen molar-refractivity contribution >= 4 is 7.82 Å². The molecule has 0 spiro atoms. The summed E-state index contributed by atoms with van der Waals surface area (Å²) in [5.41, 5.74) is 0. The summed E-state index contributed by atoms with van der Waals surface area (Å²) in [6, 6.07) is 0. The third-order valence-corrected chi connectivity index (χ3v) is 0. The molecular weight excluding hydrogens is 162 g/mol. The molecule has 7 heavy (non-hydrogen) atoms. The maximum Gasteiger partial charge on any atom is 3.00 e. The predicted octanol–water partition coefficient (Wildman–Crippen LogP) is -2.38. The molecule has 0 heterocycles. The molecule has 0 bridgehead atoms. The Labute approximate surface area is 52.3 Å². The Morgan fingerprint density at radius 2 is 1.14 bits per heavy atom. The zero-order valence-electron chi connectivity index (χ0n) is 3.46.